The summed E-state index contributed by atoms with van der Waals surface area (Å²) in [6.45, 7) is 22.6. The molecule has 9 heteroatoms. The van der Waals surface area contributed by atoms with Crippen molar-refractivity contribution in [1.29, 1.82) is 0 Å². The Hall–Kier alpha value is -2.75. The smallest absolute Gasteiger partial charge is 0.311 e. The Morgan fingerprint density at radius 3 is 1.66 bits per heavy atom. The Labute approximate surface area is 356 Å². The van der Waals surface area contributed by atoms with Gasteiger partial charge in [0, 0.05) is 18.3 Å². The number of esters is 3. The average molecular weight is 825 g/mol. The molecule has 0 bridgehead atoms. The molecule has 1 fully saturated rings. The number of carbonyl (C=O) groups is 3. The molecule has 14 atom stereocenters. The second-order valence-electron chi connectivity index (χ2n) is 20.2. The van der Waals surface area contributed by atoms with E-state index in [1.165, 1.54) is 11.1 Å². The molecule has 0 saturated carbocycles. The fourth-order valence-corrected chi connectivity index (χ4v) is 9.73. The van der Waals surface area contributed by atoms with Crippen LogP contribution in [-0.4, -0.2) is 69.9 Å². The van der Waals surface area contributed by atoms with Gasteiger partial charge in [-0.05, 0) is 139 Å². The number of fused-ring (bicyclic) bond motifs is 2. The molecule has 334 valence electrons. The summed E-state index contributed by atoms with van der Waals surface area (Å²) in [5, 5.41) is 30.1. The van der Waals surface area contributed by atoms with Gasteiger partial charge >= 0.3 is 17.9 Å². The van der Waals surface area contributed by atoms with E-state index in [9.17, 15) is 29.7 Å². The fraction of sp³-hybridized carbons (Fsp3) is 0.780. The molecular weight excluding hydrogens is 745 g/mol. The molecule has 1 aliphatic heterocycles. The van der Waals surface area contributed by atoms with Gasteiger partial charge in [0.05, 0.1) is 35.6 Å². The van der Waals surface area contributed by atoms with Crippen molar-refractivity contribution >= 4 is 17.9 Å². The van der Waals surface area contributed by atoms with E-state index < -0.39 is 29.1 Å². The number of allylic oxidation sites excluding steroid dienone is 6. The van der Waals surface area contributed by atoms with Crippen LogP contribution in [0.25, 0.3) is 0 Å². The van der Waals surface area contributed by atoms with Crippen molar-refractivity contribution in [2.24, 2.45) is 58.2 Å². The van der Waals surface area contributed by atoms with Gasteiger partial charge in [0.2, 0.25) is 0 Å². The van der Waals surface area contributed by atoms with E-state index in [2.05, 4.69) is 64.2 Å². The number of rotatable bonds is 15. The summed E-state index contributed by atoms with van der Waals surface area (Å²) in [5.74, 6) is 1.94. The lowest BCUT2D eigenvalue weighted by Crippen LogP contribution is -2.43. The van der Waals surface area contributed by atoms with Gasteiger partial charge in [0.15, 0.2) is 0 Å². The minimum atomic E-state index is -0.601. The van der Waals surface area contributed by atoms with Gasteiger partial charge in [-0.15, -0.1) is 0 Å². The van der Waals surface area contributed by atoms with E-state index >= 15 is 0 Å². The largest absolute Gasteiger partial charge is 0.462 e. The molecule has 0 aromatic rings. The predicted octanol–water partition coefficient (Wildman–Crippen LogP) is 9.63. The first-order valence-corrected chi connectivity index (χ1v) is 23.1. The van der Waals surface area contributed by atoms with Crippen LogP contribution in [0.15, 0.2) is 47.6 Å². The Kier molecular flexibility index (Phi) is 17.7. The standard InChI is InChI=1S/C25H38O5.C25H42O4/c1-6-25(4,5)24(28)30-21-12-15(2)11-17-8-7-16(3)20(23(17)21)10-9-19-13-18(26)14-22(27)29-19;1-7-19(26)15-20(27)11-12-21-17(4)9-10-18-13-16(3)14-22(23(18)21)29-24(28)25(5,6)8-2/h7-8,11,15-16,18-21,23,26H,6,9-10,12-14H2,1-5H3;9-10,13,16-17,19-23,26-27H,7-8,11-12,14-15H2,1-6H3/t15-,16-,18?,19+,20?,21-,23-;16-,17-,19?,20+,21?,22-,23-/m00/s1. The topological polar surface area (TPSA) is 140 Å². The number of hydrogen-bond acceptors (Lipinski definition) is 9. The van der Waals surface area contributed by atoms with Crippen LogP contribution < -0.4 is 0 Å². The minimum absolute atomic E-state index is 0.0949. The Balaban J connectivity index is 0.000000261. The SMILES string of the molecule is CCC(C)(C)C(=O)O[C@H]1C[C@@H](C)C=C2C=C[C@H](C)C(CC[C@@H]3CC(O)CC(=O)O3)[C@H]21.CCC(O)C[C@H](O)CCC1[C@@H](C)C=CC2=C[C@H](C)C[C@H](OC(=O)C(C)(C)CC)[C@@H]21. The molecule has 5 aliphatic rings. The third-order valence-electron chi connectivity index (χ3n) is 14.5. The van der Waals surface area contributed by atoms with Crippen LogP contribution in [0.2, 0.25) is 0 Å². The second kappa shape index (κ2) is 21.4. The van der Waals surface area contributed by atoms with Crippen LogP contribution in [0.4, 0.5) is 0 Å². The van der Waals surface area contributed by atoms with Gasteiger partial charge < -0.3 is 29.5 Å². The molecule has 1 heterocycles. The highest BCUT2D eigenvalue weighted by Gasteiger charge is 2.45. The van der Waals surface area contributed by atoms with E-state index in [1.807, 2.05) is 48.5 Å². The monoisotopic (exact) mass is 825 g/mol. The molecule has 1 saturated heterocycles. The van der Waals surface area contributed by atoms with Crippen LogP contribution >= 0.6 is 0 Å². The van der Waals surface area contributed by atoms with Crippen molar-refractivity contribution in [3.63, 3.8) is 0 Å². The maximum absolute atomic E-state index is 12.9. The normalized spacial score (nSPS) is 34.1. The van der Waals surface area contributed by atoms with Crippen molar-refractivity contribution in [3.8, 4) is 0 Å². The summed E-state index contributed by atoms with van der Waals surface area (Å²) in [5.41, 5.74) is 1.59. The Morgan fingerprint density at radius 2 is 1.22 bits per heavy atom. The predicted molar refractivity (Wildman–Crippen MR) is 233 cm³/mol. The van der Waals surface area contributed by atoms with Gasteiger partial charge in [0.25, 0.3) is 0 Å². The lowest BCUT2D eigenvalue weighted by atomic mass is 9.65. The quantitative estimate of drug-likeness (QED) is 0.109. The van der Waals surface area contributed by atoms with E-state index in [-0.39, 0.29) is 54.5 Å². The first-order chi connectivity index (χ1) is 27.7. The lowest BCUT2D eigenvalue weighted by Gasteiger charge is -2.44. The third-order valence-corrected chi connectivity index (χ3v) is 14.5. The van der Waals surface area contributed by atoms with Crippen molar-refractivity contribution in [2.45, 2.75) is 190 Å². The summed E-state index contributed by atoms with van der Waals surface area (Å²) in [4.78, 5) is 37.4. The number of carbonyl (C=O) groups excluding carboxylic acids is 3. The molecule has 9 nitrogen and oxygen atoms in total. The zero-order valence-electron chi connectivity index (χ0n) is 38.3. The molecule has 0 aromatic carbocycles. The molecular formula is C50H80O9. The van der Waals surface area contributed by atoms with E-state index in [4.69, 9.17) is 14.2 Å². The molecule has 0 aromatic heterocycles. The van der Waals surface area contributed by atoms with Crippen LogP contribution in [-0.2, 0) is 28.6 Å². The van der Waals surface area contributed by atoms with Gasteiger partial charge in [-0.3, -0.25) is 14.4 Å². The summed E-state index contributed by atoms with van der Waals surface area (Å²) >= 11 is 0. The molecule has 0 radical (unpaired) electrons. The molecule has 4 unspecified atom stereocenters. The van der Waals surface area contributed by atoms with Crippen LogP contribution in [0, 0.1) is 58.2 Å². The van der Waals surface area contributed by atoms with Gasteiger partial charge in [-0.25, -0.2) is 0 Å². The lowest BCUT2D eigenvalue weighted by molar-refractivity contribution is -0.166. The van der Waals surface area contributed by atoms with Gasteiger partial charge in [-0.2, -0.15) is 0 Å². The van der Waals surface area contributed by atoms with Crippen LogP contribution in [0.3, 0.4) is 0 Å². The van der Waals surface area contributed by atoms with Crippen LogP contribution in [0.5, 0.6) is 0 Å². The number of aliphatic hydroxyl groups is 3. The van der Waals surface area contributed by atoms with Gasteiger partial charge in [0.1, 0.15) is 18.3 Å². The maximum Gasteiger partial charge on any atom is 0.311 e. The van der Waals surface area contributed by atoms with E-state index in [1.54, 1.807) is 0 Å². The summed E-state index contributed by atoms with van der Waals surface area (Å²) < 4.78 is 17.8. The molecule has 59 heavy (non-hydrogen) atoms. The first kappa shape index (κ1) is 48.9. The Bertz CT molecular complexity index is 1540. The number of aliphatic hydroxyl groups excluding tert-OH is 3. The third kappa shape index (κ3) is 13.1. The van der Waals surface area contributed by atoms with Crippen molar-refractivity contribution in [1.82, 2.24) is 0 Å². The highest BCUT2D eigenvalue weighted by atomic mass is 16.6. The average Bonchev–Trinajstić information content (AvgIpc) is 3.16. The zero-order chi connectivity index (χ0) is 43.8. The van der Waals surface area contributed by atoms with Crippen LogP contribution in [0.1, 0.15) is 153 Å². The number of ether oxygens (including phenoxy) is 3. The van der Waals surface area contributed by atoms with E-state index in [0.29, 0.717) is 61.2 Å². The summed E-state index contributed by atoms with van der Waals surface area (Å²) in [6.07, 6.45) is 19.6. The van der Waals surface area contributed by atoms with E-state index in [0.717, 1.165) is 44.9 Å². The molecule has 3 N–H and O–H groups in total. The summed E-state index contributed by atoms with van der Waals surface area (Å²) in [6, 6.07) is 0. The number of hydrogen-bond donors (Lipinski definition) is 3. The zero-order valence-corrected chi connectivity index (χ0v) is 38.3. The summed E-state index contributed by atoms with van der Waals surface area (Å²) in [7, 11) is 0. The maximum atomic E-state index is 12.9. The molecule has 0 amide bonds. The molecule has 4 aliphatic carbocycles. The highest BCUT2D eigenvalue weighted by Crippen LogP contribution is 2.47. The molecule has 5 rings (SSSR count). The first-order valence-electron chi connectivity index (χ1n) is 23.1. The van der Waals surface area contributed by atoms with Crippen molar-refractivity contribution in [3.05, 3.63) is 47.6 Å². The number of cyclic esters (lactones) is 1. The molecule has 0 spiro atoms. The Morgan fingerprint density at radius 1 is 0.746 bits per heavy atom. The fourth-order valence-electron chi connectivity index (χ4n) is 9.73. The highest BCUT2D eigenvalue weighted by molar-refractivity contribution is 5.76. The second-order valence-corrected chi connectivity index (χ2v) is 20.2. The van der Waals surface area contributed by atoms with Crippen molar-refractivity contribution < 1.29 is 43.9 Å². The van der Waals surface area contributed by atoms with Gasteiger partial charge in [-0.1, -0.05) is 84.9 Å². The van der Waals surface area contributed by atoms with Crippen molar-refractivity contribution in [2.75, 3.05) is 0 Å². The minimum Gasteiger partial charge on any atom is -0.462 e.